The minimum absolute atomic E-state index is 0.566. The summed E-state index contributed by atoms with van der Waals surface area (Å²) in [5, 5.41) is 2.34. The normalized spacial score (nSPS) is 11.3. The molecule has 0 aliphatic rings. The Morgan fingerprint density at radius 2 is 0.705 bits per heavy atom. The molecule has 0 N–H and O–H groups in total. The molecule has 6 heteroatoms. The van der Waals surface area contributed by atoms with Crippen molar-refractivity contribution >= 4 is 21.8 Å². The van der Waals surface area contributed by atoms with Crippen LogP contribution in [0.15, 0.2) is 218 Å². The van der Waals surface area contributed by atoms with E-state index in [2.05, 4.69) is 126 Å². The zero-order valence-corrected chi connectivity index (χ0v) is 33.0. The molecular formula is C55H36N6. The second kappa shape index (κ2) is 15.4. The van der Waals surface area contributed by atoms with Gasteiger partial charge in [-0.2, -0.15) is 0 Å². The first-order valence-electron chi connectivity index (χ1n) is 20.3. The van der Waals surface area contributed by atoms with Gasteiger partial charge in [-0.15, -0.1) is 0 Å². The third-order valence-electron chi connectivity index (χ3n) is 11.1. The lowest BCUT2D eigenvalue weighted by atomic mass is 10.0. The zero-order valence-electron chi connectivity index (χ0n) is 33.0. The fraction of sp³-hybridized carbons (Fsp3) is 0. The summed E-state index contributed by atoms with van der Waals surface area (Å²) >= 11 is 0. The zero-order chi connectivity index (χ0) is 40.5. The molecule has 0 radical (unpaired) electrons. The number of para-hydroxylation sites is 1. The van der Waals surface area contributed by atoms with E-state index in [4.69, 9.17) is 24.9 Å². The first kappa shape index (κ1) is 35.8. The number of fused-ring (bicyclic) bond motifs is 3. The molecule has 6 nitrogen and oxygen atoms in total. The Bertz CT molecular complexity index is 3220. The van der Waals surface area contributed by atoms with Gasteiger partial charge in [-0.25, -0.2) is 24.9 Å². The predicted octanol–water partition coefficient (Wildman–Crippen LogP) is 13.4. The van der Waals surface area contributed by atoms with Gasteiger partial charge < -0.3 is 4.57 Å². The van der Waals surface area contributed by atoms with Gasteiger partial charge in [-0.3, -0.25) is 0 Å². The molecule has 0 unspecified atom stereocenters. The van der Waals surface area contributed by atoms with E-state index in [1.165, 1.54) is 21.9 Å². The molecule has 0 aliphatic carbocycles. The van der Waals surface area contributed by atoms with Gasteiger partial charge in [0.2, 0.25) is 0 Å². The highest BCUT2D eigenvalue weighted by atomic mass is 15.0. The maximum absolute atomic E-state index is 5.37. The van der Waals surface area contributed by atoms with Crippen molar-refractivity contribution in [3.05, 3.63) is 218 Å². The van der Waals surface area contributed by atoms with Crippen LogP contribution >= 0.6 is 0 Å². The summed E-state index contributed by atoms with van der Waals surface area (Å²) in [6.07, 6.45) is 0. The van der Waals surface area contributed by atoms with Gasteiger partial charge in [-0.1, -0.05) is 176 Å². The molecule has 0 saturated carbocycles. The highest BCUT2D eigenvalue weighted by Gasteiger charge is 2.21. The molecule has 11 rings (SSSR count). The van der Waals surface area contributed by atoms with Crippen LogP contribution in [0, 0.1) is 0 Å². The lowest BCUT2D eigenvalue weighted by Crippen LogP contribution is -2.03. The minimum atomic E-state index is 0.566. The molecule has 0 fully saturated rings. The number of benzene rings is 8. The van der Waals surface area contributed by atoms with Crippen molar-refractivity contribution in [2.45, 2.75) is 0 Å². The molecular weight excluding hydrogens is 745 g/mol. The SMILES string of the molecule is c1ccc(-c2ccc3c(c2)c2ccccc2n3-c2ccc(-c3nc(-c4ccccc4)nc(-c4ccccc4)n3)cc2-c2cc(-c3ccccc3)nc(-c3ccccc3)n2)cc1. The molecule has 0 saturated heterocycles. The van der Waals surface area contributed by atoms with Crippen LogP contribution in [0.1, 0.15) is 0 Å². The Hall–Kier alpha value is -8.35. The standard InChI is InChI=1S/C55H36N6/c1-6-18-37(19-7-1)42-30-32-50-45(34-42)44-28-16-17-29-49(44)61(50)51-33-31-43(55-59-53(40-24-12-4-13-25-40)58-54(60-55)41-26-14-5-15-27-41)35-46(51)48-36-47(38-20-8-2-9-21-38)56-52(57-48)39-22-10-3-11-23-39/h1-36H. The van der Waals surface area contributed by atoms with E-state index in [0.717, 1.165) is 61.5 Å². The molecule has 0 amide bonds. The molecule has 3 aromatic heterocycles. The molecule has 0 atom stereocenters. The van der Waals surface area contributed by atoms with Crippen LogP contribution in [-0.4, -0.2) is 29.5 Å². The van der Waals surface area contributed by atoms with Crippen LogP contribution in [-0.2, 0) is 0 Å². The van der Waals surface area contributed by atoms with E-state index in [1.807, 2.05) is 97.1 Å². The quantitative estimate of drug-likeness (QED) is 0.154. The number of hydrogen-bond acceptors (Lipinski definition) is 5. The summed E-state index contributed by atoms with van der Waals surface area (Å²) in [4.78, 5) is 25.8. The van der Waals surface area contributed by atoms with Crippen LogP contribution in [0.2, 0.25) is 0 Å². The summed E-state index contributed by atoms with van der Waals surface area (Å²) in [7, 11) is 0. The van der Waals surface area contributed by atoms with Crippen molar-refractivity contribution in [1.82, 2.24) is 29.5 Å². The summed E-state index contributed by atoms with van der Waals surface area (Å²) in [6, 6.07) is 75.2. The van der Waals surface area contributed by atoms with Gasteiger partial charge in [0.25, 0.3) is 0 Å². The van der Waals surface area contributed by atoms with Gasteiger partial charge in [0.05, 0.1) is 28.1 Å². The third kappa shape index (κ3) is 6.82. The van der Waals surface area contributed by atoms with Crippen LogP contribution in [0.25, 0.3) is 107 Å². The molecule has 8 aromatic carbocycles. The Morgan fingerprint density at radius 3 is 1.30 bits per heavy atom. The summed E-state index contributed by atoms with van der Waals surface area (Å²) in [5.41, 5.74) is 12.6. The van der Waals surface area contributed by atoms with Crippen LogP contribution in [0.5, 0.6) is 0 Å². The number of hydrogen-bond donors (Lipinski definition) is 0. The molecule has 0 aliphatic heterocycles. The Balaban J connectivity index is 1.20. The minimum Gasteiger partial charge on any atom is -0.309 e. The Morgan fingerprint density at radius 1 is 0.262 bits per heavy atom. The lowest BCUT2D eigenvalue weighted by molar-refractivity contribution is 1.07. The molecule has 3 heterocycles. The molecule has 11 aromatic rings. The fourth-order valence-corrected chi connectivity index (χ4v) is 8.11. The smallest absolute Gasteiger partial charge is 0.164 e. The van der Waals surface area contributed by atoms with Crippen molar-refractivity contribution < 1.29 is 0 Å². The number of nitrogens with zero attached hydrogens (tertiary/aromatic N) is 6. The largest absolute Gasteiger partial charge is 0.309 e. The van der Waals surface area contributed by atoms with E-state index in [0.29, 0.717) is 23.3 Å². The van der Waals surface area contributed by atoms with Gasteiger partial charge in [-0.05, 0) is 53.6 Å². The van der Waals surface area contributed by atoms with Crippen molar-refractivity contribution in [2.75, 3.05) is 0 Å². The second-order valence-electron chi connectivity index (χ2n) is 14.9. The maximum atomic E-state index is 5.37. The number of rotatable bonds is 8. The van der Waals surface area contributed by atoms with Crippen LogP contribution in [0.3, 0.4) is 0 Å². The fourth-order valence-electron chi connectivity index (χ4n) is 8.11. The van der Waals surface area contributed by atoms with Crippen molar-refractivity contribution in [3.8, 4) is 84.9 Å². The van der Waals surface area contributed by atoms with Gasteiger partial charge in [0, 0.05) is 44.2 Å². The highest BCUT2D eigenvalue weighted by Crippen LogP contribution is 2.40. The lowest BCUT2D eigenvalue weighted by Gasteiger charge is -2.17. The Kier molecular flexibility index (Phi) is 9.06. The van der Waals surface area contributed by atoms with Crippen LogP contribution < -0.4 is 0 Å². The average molecular weight is 781 g/mol. The molecule has 0 bridgehead atoms. The Labute approximate surface area is 353 Å². The average Bonchev–Trinajstić information content (AvgIpc) is 3.68. The van der Waals surface area contributed by atoms with E-state index in [9.17, 15) is 0 Å². The highest BCUT2D eigenvalue weighted by molar-refractivity contribution is 6.11. The van der Waals surface area contributed by atoms with E-state index >= 15 is 0 Å². The monoisotopic (exact) mass is 780 g/mol. The first-order valence-corrected chi connectivity index (χ1v) is 20.3. The van der Waals surface area contributed by atoms with Gasteiger partial charge in [0.15, 0.2) is 23.3 Å². The van der Waals surface area contributed by atoms with Crippen molar-refractivity contribution in [2.24, 2.45) is 0 Å². The van der Waals surface area contributed by atoms with Gasteiger partial charge in [0.1, 0.15) is 0 Å². The van der Waals surface area contributed by atoms with E-state index in [-0.39, 0.29) is 0 Å². The summed E-state index contributed by atoms with van der Waals surface area (Å²) < 4.78 is 2.36. The summed E-state index contributed by atoms with van der Waals surface area (Å²) in [6.45, 7) is 0. The first-order chi connectivity index (χ1) is 30.2. The molecule has 286 valence electrons. The molecule has 61 heavy (non-hydrogen) atoms. The predicted molar refractivity (Wildman–Crippen MR) is 248 cm³/mol. The summed E-state index contributed by atoms with van der Waals surface area (Å²) in [5.74, 6) is 2.41. The topological polar surface area (TPSA) is 69.4 Å². The second-order valence-corrected chi connectivity index (χ2v) is 14.9. The third-order valence-corrected chi connectivity index (χ3v) is 11.1. The molecule has 0 spiro atoms. The van der Waals surface area contributed by atoms with Crippen LogP contribution in [0.4, 0.5) is 0 Å². The number of aromatic nitrogens is 6. The van der Waals surface area contributed by atoms with E-state index < -0.39 is 0 Å². The van der Waals surface area contributed by atoms with Gasteiger partial charge >= 0.3 is 0 Å². The van der Waals surface area contributed by atoms with Crippen molar-refractivity contribution in [3.63, 3.8) is 0 Å². The maximum Gasteiger partial charge on any atom is 0.164 e. The van der Waals surface area contributed by atoms with E-state index in [1.54, 1.807) is 0 Å². The van der Waals surface area contributed by atoms with Crippen molar-refractivity contribution in [1.29, 1.82) is 0 Å².